The number of nitrogens with zero attached hydrogens (tertiary/aromatic N) is 1. The molecule has 1 aromatic heterocycles. The van der Waals surface area contributed by atoms with Crippen LogP contribution in [0.4, 0.5) is 10.1 Å². The molecule has 0 aliphatic heterocycles. The first-order chi connectivity index (χ1) is 12.6. The molecule has 0 unspecified atom stereocenters. The Morgan fingerprint density at radius 3 is 2.27 bits per heavy atom. The van der Waals surface area contributed by atoms with Crippen molar-refractivity contribution in [2.75, 3.05) is 5.32 Å². The van der Waals surface area contributed by atoms with E-state index in [1.165, 1.54) is 24.3 Å². The summed E-state index contributed by atoms with van der Waals surface area (Å²) >= 11 is 11.7. The summed E-state index contributed by atoms with van der Waals surface area (Å²) in [5.74, 6) is -0.460. The predicted octanol–water partition coefficient (Wildman–Crippen LogP) is 5.09. The number of halogens is 2. The molecule has 26 heavy (non-hydrogen) atoms. The average Bonchev–Trinajstić information content (AvgIpc) is 2.65. The summed E-state index contributed by atoms with van der Waals surface area (Å²) in [6.07, 6.45) is 3.52. The highest BCUT2D eigenvalue weighted by molar-refractivity contribution is 7.81. The number of aliphatic hydroxyl groups is 1. The highest BCUT2D eigenvalue weighted by atomic mass is 35.5. The molecule has 0 bridgehead atoms. The van der Waals surface area contributed by atoms with E-state index >= 15 is 0 Å². The maximum atomic E-state index is 13.2. The average molecular weight is 386 g/mol. The van der Waals surface area contributed by atoms with E-state index in [1.807, 2.05) is 30.3 Å². The van der Waals surface area contributed by atoms with Crippen molar-refractivity contribution in [3.05, 3.63) is 95.5 Å². The van der Waals surface area contributed by atoms with Crippen LogP contribution >= 0.6 is 23.8 Å². The van der Waals surface area contributed by atoms with Gasteiger partial charge in [0, 0.05) is 17.7 Å². The molecule has 0 spiro atoms. The molecular weight excluding hydrogens is 371 g/mol. The van der Waals surface area contributed by atoms with Gasteiger partial charge in [-0.2, -0.15) is 4.57 Å². The fourth-order valence-electron chi connectivity index (χ4n) is 2.38. The summed E-state index contributed by atoms with van der Waals surface area (Å²) in [7, 11) is 0. The molecule has 0 radical (unpaired) electrons. The maximum Gasteiger partial charge on any atom is 0.288 e. The van der Waals surface area contributed by atoms with Gasteiger partial charge in [0.1, 0.15) is 5.82 Å². The lowest BCUT2D eigenvalue weighted by molar-refractivity contribution is -0.575. The summed E-state index contributed by atoms with van der Waals surface area (Å²) in [5, 5.41) is 14.4. The van der Waals surface area contributed by atoms with Crippen LogP contribution in [-0.2, 0) is 0 Å². The van der Waals surface area contributed by atoms with E-state index in [1.54, 1.807) is 29.1 Å². The Labute approximate surface area is 161 Å². The molecule has 1 heterocycles. The number of hydrogen-bond acceptors (Lipinski definition) is 2. The number of thiocarbonyl (C=S) groups is 1. The number of anilines is 1. The highest BCUT2D eigenvalue weighted by Gasteiger charge is 2.24. The lowest BCUT2D eigenvalue weighted by atomic mass is 10.1. The second kappa shape index (κ2) is 8.08. The van der Waals surface area contributed by atoms with Crippen LogP contribution in [0.1, 0.15) is 5.56 Å². The van der Waals surface area contributed by atoms with Gasteiger partial charge in [-0.3, -0.25) is 0 Å². The van der Waals surface area contributed by atoms with Crippen LogP contribution in [-0.4, -0.2) is 10.1 Å². The maximum absolute atomic E-state index is 13.2. The van der Waals surface area contributed by atoms with Gasteiger partial charge in [0.25, 0.3) is 5.70 Å². The number of pyridine rings is 1. The lowest BCUT2D eigenvalue weighted by Crippen LogP contribution is -2.38. The van der Waals surface area contributed by atoms with E-state index in [0.717, 1.165) is 0 Å². The van der Waals surface area contributed by atoms with Crippen molar-refractivity contribution in [1.82, 2.24) is 0 Å². The van der Waals surface area contributed by atoms with E-state index in [9.17, 15) is 9.50 Å². The SMILES string of the molecule is OC(=C(C(=S)Nc1ccccc1Cl)[n+]1ccccc1)c1ccc(F)cc1. The molecule has 0 aliphatic carbocycles. The van der Waals surface area contributed by atoms with Crippen LogP contribution in [0.25, 0.3) is 11.5 Å². The third-order valence-electron chi connectivity index (χ3n) is 3.65. The Kier molecular flexibility index (Phi) is 5.61. The summed E-state index contributed by atoms with van der Waals surface area (Å²) in [5.41, 5.74) is 1.42. The zero-order valence-corrected chi connectivity index (χ0v) is 15.1. The summed E-state index contributed by atoms with van der Waals surface area (Å²) in [4.78, 5) is 0.274. The molecule has 0 atom stereocenters. The fraction of sp³-hybridized carbons (Fsp3) is 0. The number of rotatable bonds is 4. The van der Waals surface area contributed by atoms with E-state index in [-0.39, 0.29) is 16.6 Å². The number of hydrogen-bond donors (Lipinski definition) is 2. The van der Waals surface area contributed by atoms with Crippen LogP contribution in [0.2, 0.25) is 5.02 Å². The molecule has 2 aromatic carbocycles. The second-order valence-electron chi connectivity index (χ2n) is 5.42. The topological polar surface area (TPSA) is 36.1 Å². The van der Waals surface area contributed by atoms with Gasteiger partial charge in [-0.1, -0.05) is 42.0 Å². The van der Waals surface area contributed by atoms with Crippen molar-refractivity contribution in [3.8, 4) is 0 Å². The molecule has 0 amide bonds. The third kappa shape index (κ3) is 4.07. The number of para-hydroxylation sites is 1. The first-order valence-corrected chi connectivity index (χ1v) is 8.56. The van der Waals surface area contributed by atoms with Gasteiger partial charge in [-0.25, -0.2) is 4.39 Å². The number of nitrogens with one attached hydrogen (secondary N) is 1. The molecular formula is C20H15ClFN2OS+. The Bertz CT molecular complexity index is 959. The largest absolute Gasteiger partial charge is 0.502 e. The zero-order valence-electron chi connectivity index (χ0n) is 13.6. The monoisotopic (exact) mass is 385 g/mol. The molecule has 0 aliphatic rings. The van der Waals surface area contributed by atoms with Gasteiger partial charge in [0.2, 0.25) is 0 Å². The Balaban J connectivity index is 2.06. The van der Waals surface area contributed by atoms with Gasteiger partial charge in [0.15, 0.2) is 23.1 Å². The van der Waals surface area contributed by atoms with E-state index in [4.69, 9.17) is 23.8 Å². The summed E-state index contributed by atoms with van der Waals surface area (Å²) < 4.78 is 14.9. The standard InChI is InChI=1S/C20H14ClFN2OS/c21-16-6-2-3-7-17(16)23-20(26)18(24-12-4-1-5-13-24)19(25)14-8-10-15(22)11-9-14/h1-13H,(H-,23,25,26)/p+1. The summed E-state index contributed by atoms with van der Waals surface area (Å²) in [6.45, 7) is 0. The minimum atomic E-state index is -0.382. The number of benzene rings is 2. The molecule has 3 nitrogen and oxygen atoms in total. The van der Waals surface area contributed by atoms with Gasteiger partial charge in [-0.05, 0) is 36.4 Å². The minimum Gasteiger partial charge on any atom is -0.502 e. The van der Waals surface area contributed by atoms with Crippen molar-refractivity contribution < 1.29 is 14.1 Å². The number of aliphatic hydroxyl groups excluding tert-OH is 1. The Morgan fingerprint density at radius 1 is 0.962 bits per heavy atom. The van der Waals surface area contributed by atoms with Crippen LogP contribution < -0.4 is 9.88 Å². The second-order valence-corrected chi connectivity index (χ2v) is 6.24. The Hall–Kier alpha value is -2.76. The highest BCUT2D eigenvalue weighted by Crippen LogP contribution is 2.23. The van der Waals surface area contributed by atoms with Crippen LogP contribution in [0.15, 0.2) is 79.1 Å². The number of aromatic nitrogens is 1. The van der Waals surface area contributed by atoms with Gasteiger partial charge in [0.05, 0.1) is 10.7 Å². The molecule has 0 fully saturated rings. The zero-order chi connectivity index (χ0) is 18.5. The van der Waals surface area contributed by atoms with Crippen molar-refractivity contribution >= 4 is 46.0 Å². The molecule has 6 heteroatoms. The van der Waals surface area contributed by atoms with Crippen molar-refractivity contribution in [2.45, 2.75) is 0 Å². The normalized spacial score (nSPS) is 11.6. The summed E-state index contributed by atoms with van der Waals surface area (Å²) in [6, 6.07) is 18.2. The van der Waals surface area contributed by atoms with Crippen LogP contribution in [0.5, 0.6) is 0 Å². The lowest BCUT2D eigenvalue weighted by Gasteiger charge is -2.11. The fourth-order valence-corrected chi connectivity index (χ4v) is 2.88. The minimum absolute atomic E-state index is 0.0780. The van der Waals surface area contributed by atoms with Gasteiger partial charge >= 0.3 is 0 Å². The predicted molar refractivity (Wildman–Crippen MR) is 106 cm³/mol. The molecule has 0 saturated heterocycles. The third-order valence-corrected chi connectivity index (χ3v) is 4.28. The molecule has 3 aromatic rings. The molecule has 3 rings (SSSR count). The Morgan fingerprint density at radius 2 is 1.62 bits per heavy atom. The molecule has 130 valence electrons. The van der Waals surface area contributed by atoms with Crippen LogP contribution in [0, 0.1) is 5.82 Å². The first-order valence-electron chi connectivity index (χ1n) is 7.78. The van der Waals surface area contributed by atoms with E-state index < -0.39 is 0 Å². The van der Waals surface area contributed by atoms with Gasteiger partial charge < -0.3 is 10.4 Å². The smallest absolute Gasteiger partial charge is 0.288 e. The molecule has 0 saturated carbocycles. The van der Waals surface area contributed by atoms with E-state index in [0.29, 0.717) is 22.0 Å². The van der Waals surface area contributed by atoms with Crippen LogP contribution in [0.3, 0.4) is 0 Å². The van der Waals surface area contributed by atoms with Crippen molar-refractivity contribution in [3.63, 3.8) is 0 Å². The van der Waals surface area contributed by atoms with Crippen molar-refractivity contribution in [1.29, 1.82) is 0 Å². The quantitative estimate of drug-likeness (QED) is 0.284. The van der Waals surface area contributed by atoms with Crippen molar-refractivity contribution in [2.24, 2.45) is 0 Å². The first kappa shape index (κ1) is 18.0. The van der Waals surface area contributed by atoms with E-state index in [2.05, 4.69) is 5.32 Å². The van der Waals surface area contributed by atoms with Gasteiger partial charge in [-0.15, -0.1) is 0 Å². The molecule has 2 N–H and O–H groups in total.